The second-order valence-electron chi connectivity index (χ2n) is 14.8. The maximum absolute atomic E-state index is 15.4. The minimum atomic E-state index is -1.49. The van der Waals surface area contributed by atoms with Crippen LogP contribution in [0.15, 0.2) is 121 Å². The number of fused-ring (bicyclic) bond motifs is 5. The van der Waals surface area contributed by atoms with Crippen molar-refractivity contribution in [1.82, 2.24) is 5.01 Å². The predicted octanol–water partition coefficient (Wildman–Crippen LogP) is 8.01. The second kappa shape index (κ2) is 12.2. The van der Waals surface area contributed by atoms with E-state index in [4.69, 9.17) is 11.6 Å². The summed E-state index contributed by atoms with van der Waals surface area (Å²) in [7, 11) is 0. The molecule has 0 spiro atoms. The minimum Gasteiger partial charge on any atom is -0.507 e. The summed E-state index contributed by atoms with van der Waals surface area (Å²) in [5, 5.41) is 15.2. The van der Waals surface area contributed by atoms with Crippen molar-refractivity contribution in [2.75, 3.05) is 10.3 Å². The third-order valence-corrected chi connectivity index (χ3v) is 12.5. The molecule has 3 fully saturated rings. The molecule has 5 aromatic carbocycles. The van der Waals surface area contributed by atoms with Crippen LogP contribution in [0, 0.1) is 37.5 Å². The van der Waals surface area contributed by atoms with Crippen molar-refractivity contribution < 1.29 is 24.3 Å². The molecule has 9 heteroatoms. The summed E-state index contributed by atoms with van der Waals surface area (Å²) in [6, 6.07) is 33.2. The number of allylic oxidation sites excluding steroid dienone is 2. The number of anilines is 2. The molecule has 6 atom stereocenters. The van der Waals surface area contributed by atoms with Crippen molar-refractivity contribution in [1.29, 1.82) is 0 Å². The first-order chi connectivity index (χ1) is 25.6. The third-order valence-electron chi connectivity index (χ3n) is 12.0. The lowest BCUT2D eigenvalue weighted by Gasteiger charge is -2.50. The Bertz CT molecular complexity index is 2410. The van der Waals surface area contributed by atoms with Gasteiger partial charge in [0.25, 0.3) is 11.8 Å². The number of carbonyl (C=O) groups is 4. The second-order valence-corrected chi connectivity index (χ2v) is 15.2. The van der Waals surface area contributed by atoms with E-state index in [9.17, 15) is 19.5 Å². The molecular weight excluding hydrogens is 686 g/mol. The Morgan fingerprint density at radius 3 is 2.28 bits per heavy atom. The average molecular weight is 722 g/mol. The summed E-state index contributed by atoms with van der Waals surface area (Å²) < 4.78 is 0. The first kappa shape index (κ1) is 33.1. The summed E-state index contributed by atoms with van der Waals surface area (Å²) in [4.78, 5) is 60.3. The number of nitrogens with zero attached hydrogens (tertiary/aromatic N) is 2. The predicted molar refractivity (Wildman–Crippen MR) is 203 cm³/mol. The van der Waals surface area contributed by atoms with Gasteiger partial charge in [-0.1, -0.05) is 114 Å². The van der Waals surface area contributed by atoms with E-state index >= 15 is 4.79 Å². The smallest absolute Gasteiger partial charge is 0.260 e. The number of phenolic OH excluding ortho intramolecular Hbond substituents is 1. The van der Waals surface area contributed by atoms with E-state index in [1.807, 2.05) is 111 Å². The first-order valence-electron chi connectivity index (χ1n) is 17.9. The van der Waals surface area contributed by atoms with E-state index in [2.05, 4.69) is 5.43 Å². The van der Waals surface area contributed by atoms with Crippen molar-refractivity contribution in [2.24, 2.45) is 23.7 Å². The molecule has 6 unspecified atom stereocenters. The molecule has 2 N–H and O–H groups in total. The van der Waals surface area contributed by atoms with Gasteiger partial charge in [0.15, 0.2) is 0 Å². The van der Waals surface area contributed by atoms with Crippen molar-refractivity contribution in [3.63, 3.8) is 0 Å². The Hall–Kier alpha value is -5.73. The molecule has 0 bridgehead atoms. The summed E-state index contributed by atoms with van der Waals surface area (Å²) in [6.45, 7) is 3.82. The summed E-state index contributed by atoms with van der Waals surface area (Å²) in [5.41, 5.74) is 6.38. The van der Waals surface area contributed by atoms with Crippen LogP contribution >= 0.6 is 11.6 Å². The van der Waals surface area contributed by atoms with Crippen molar-refractivity contribution in [3.8, 4) is 5.75 Å². The Kier molecular flexibility index (Phi) is 7.61. The Labute approximate surface area is 311 Å². The Morgan fingerprint density at radius 1 is 0.792 bits per heavy atom. The normalized spacial score (nSPS) is 26.4. The van der Waals surface area contributed by atoms with E-state index in [1.54, 1.807) is 18.2 Å². The molecule has 4 aliphatic rings. The zero-order valence-corrected chi connectivity index (χ0v) is 29.9. The highest BCUT2D eigenvalue weighted by atomic mass is 35.5. The largest absolute Gasteiger partial charge is 0.507 e. The lowest BCUT2D eigenvalue weighted by Crippen LogP contribution is -2.53. The van der Waals surface area contributed by atoms with E-state index in [0.29, 0.717) is 32.9 Å². The average Bonchev–Trinajstić information content (AvgIpc) is 3.55. The number of nitrogens with one attached hydrogen (secondary N) is 1. The van der Waals surface area contributed by atoms with Crippen LogP contribution in [0.2, 0.25) is 5.02 Å². The van der Waals surface area contributed by atoms with Gasteiger partial charge in [0.2, 0.25) is 11.8 Å². The highest BCUT2D eigenvalue weighted by Crippen LogP contribution is 2.65. The molecule has 8 nitrogen and oxygen atoms in total. The number of benzene rings is 5. The maximum Gasteiger partial charge on any atom is 0.260 e. The van der Waals surface area contributed by atoms with Gasteiger partial charge in [-0.15, -0.1) is 0 Å². The quantitative estimate of drug-likeness (QED) is 0.141. The Morgan fingerprint density at radius 2 is 1.53 bits per heavy atom. The minimum absolute atomic E-state index is 0.0146. The number of aryl methyl sites for hydroxylation is 2. The van der Waals surface area contributed by atoms with Crippen molar-refractivity contribution in [2.45, 2.75) is 38.0 Å². The summed E-state index contributed by atoms with van der Waals surface area (Å²) in [5.74, 6) is -5.28. The maximum atomic E-state index is 15.4. The van der Waals surface area contributed by atoms with Gasteiger partial charge in [0.1, 0.15) is 5.75 Å². The van der Waals surface area contributed by atoms with Gasteiger partial charge in [0.05, 0.1) is 34.5 Å². The highest BCUT2D eigenvalue weighted by Gasteiger charge is 2.70. The first-order valence-corrected chi connectivity index (χ1v) is 18.3. The molecule has 4 amide bonds. The van der Waals surface area contributed by atoms with Gasteiger partial charge in [-0.3, -0.25) is 24.6 Å². The van der Waals surface area contributed by atoms with Crippen LogP contribution < -0.4 is 10.3 Å². The molecule has 1 saturated carbocycles. The van der Waals surface area contributed by atoms with Gasteiger partial charge >= 0.3 is 0 Å². The van der Waals surface area contributed by atoms with Crippen LogP contribution in [0.4, 0.5) is 11.4 Å². The van der Waals surface area contributed by atoms with Crippen LogP contribution in [-0.2, 0) is 24.6 Å². The molecule has 264 valence electrons. The van der Waals surface area contributed by atoms with Gasteiger partial charge in [0, 0.05) is 21.9 Å². The topological polar surface area (TPSA) is 107 Å². The summed E-state index contributed by atoms with van der Waals surface area (Å²) in [6.07, 6.45) is 2.42. The van der Waals surface area contributed by atoms with E-state index in [0.717, 1.165) is 27.1 Å². The number of amides is 4. The fraction of sp³-hybridized carbons (Fsp3) is 0.227. The molecule has 2 heterocycles. The van der Waals surface area contributed by atoms with Crippen LogP contribution in [0.5, 0.6) is 5.75 Å². The fourth-order valence-corrected chi connectivity index (χ4v) is 9.75. The summed E-state index contributed by atoms with van der Waals surface area (Å²) >= 11 is 6.47. The number of hydrogen-bond donors (Lipinski definition) is 2. The molecule has 2 aliphatic heterocycles. The molecule has 2 aliphatic carbocycles. The zero-order chi connectivity index (χ0) is 36.8. The molecule has 2 saturated heterocycles. The van der Waals surface area contributed by atoms with Gasteiger partial charge in [-0.25, -0.2) is 4.90 Å². The number of hydrogen-bond acceptors (Lipinski definition) is 6. The number of rotatable bonds is 5. The third kappa shape index (κ3) is 4.74. The molecule has 53 heavy (non-hydrogen) atoms. The SMILES string of the molecule is Cc1ccc(NN2C(=O)C3CC4C(=CCC5C(=O)N(c6ccc(C)c(Cl)c6)C(=O)C54)C(c4ccc5ccccc5c4O)C3(c3ccccc3)C2=O)cc1. The number of carbonyl (C=O) groups excluding carboxylic acids is 4. The van der Waals surface area contributed by atoms with Crippen LogP contribution in [-0.4, -0.2) is 33.7 Å². The van der Waals surface area contributed by atoms with Crippen molar-refractivity contribution >= 4 is 57.4 Å². The number of aromatic hydroxyl groups is 1. The molecule has 9 rings (SSSR count). The fourth-order valence-electron chi connectivity index (χ4n) is 9.57. The highest BCUT2D eigenvalue weighted by molar-refractivity contribution is 6.32. The van der Waals surface area contributed by atoms with Crippen molar-refractivity contribution in [3.05, 3.63) is 148 Å². The van der Waals surface area contributed by atoms with E-state index < -0.39 is 46.8 Å². The number of hydrazine groups is 1. The lowest BCUT2D eigenvalue weighted by atomic mass is 9.49. The number of phenols is 1. The van der Waals surface area contributed by atoms with Gasteiger partial charge < -0.3 is 5.11 Å². The van der Waals surface area contributed by atoms with Crippen LogP contribution in [0.25, 0.3) is 10.8 Å². The standard InChI is InChI=1S/C44H36ClN3O5/c1-24-12-16-28(17-13-24)46-48-41(51)35-23-34-31(20-21-32-37(34)42(52)47(40(32)50)29-18-14-25(2)36(45)22-29)38(44(35,43(48)53)27-9-4-3-5-10-27)33-19-15-26-8-6-7-11-30(26)39(33)49/h3-20,22,32,34-35,37-38,46,49H,21,23H2,1-2H3. The molecule has 5 aromatic rings. The molecule has 0 radical (unpaired) electrons. The molecule has 0 aromatic heterocycles. The Balaban J connectivity index is 1.26. The number of halogens is 1. The van der Waals surface area contributed by atoms with E-state index in [-0.39, 0.29) is 30.4 Å². The van der Waals surface area contributed by atoms with E-state index in [1.165, 1.54) is 4.90 Å². The van der Waals surface area contributed by atoms with Crippen LogP contribution in [0.1, 0.15) is 41.0 Å². The number of imide groups is 2. The lowest BCUT2D eigenvalue weighted by molar-refractivity contribution is -0.138. The monoisotopic (exact) mass is 721 g/mol. The van der Waals surface area contributed by atoms with Gasteiger partial charge in [-0.2, -0.15) is 5.01 Å². The zero-order valence-electron chi connectivity index (χ0n) is 29.1. The molecular formula is C44H36ClN3O5. The van der Waals surface area contributed by atoms with Crippen LogP contribution in [0.3, 0.4) is 0 Å². The van der Waals surface area contributed by atoms with Gasteiger partial charge in [-0.05, 0) is 73.4 Å².